The van der Waals surface area contributed by atoms with Crippen molar-refractivity contribution in [1.82, 2.24) is 9.97 Å². The summed E-state index contributed by atoms with van der Waals surface area (Å²) in [6, 6.07) is 8.04. The van der Waals surface area contributed by atoms with Crippen LogP contribution in [-0.4, -0.2) is 41.1 Å². The second-order valence-corrected chi connectivity index (χ2v) is 7.46. The molecule has 1 fully saturated rings. The Kier molecular flexibility index (Phi) is 5.43. The lowest BCUT2D eigenvalue weighted by Gasteiger charge is -2.27. The Labute approximate surface area is 165 Å². The number of carbonyl (C=O) groups is 1. The highest BCUT2D eigenvalue weighted by Crippen LogP contribution is 2.27. The number of ether oxygens (including phenoxy) is 1. The van der Waals surface area contributed by atoms with Crippen molar-refractivity contribution in [3.05, 3.63) is 41.6 Å². The van der Waals surface area contributed by atoms with Crippen LogP contribution in [0.3, 0.4) is 0 Å². The van der Waals surface area contributed by atoms with Crippen LogP contribution in [0.1, 0.15) is 48.5 Å². The highest BCUT2D eigenvalue weighted by molar-refractivity contribution is 6.05. The summed E-state index contributed by atoms with van der Waals surface area (Å²) in [5, 5.41) is 3.40. The monoisotopic (exact) mass is 381 g/mol. The first kappa shape index (κ1) is 18.7. The maximum atomic E-state index is 13.1. The van der Waals surface area contributed by atoms with Crippen molar-refractivity contribution >= 4 is 17.7 Å². The standard InChI is InChI=1S/C21H27N5O2/c1-2-26(20(27)15-3-8-18-14(13-15)10-12-28-18)19-9-11-23-21(25-19)24-17-6-4-16(22)5-7-17/h3,8-9,11,13,16-17H,2,4-7,10,12,22H2,1H3,(H,23,24,25). The average Bonchev–Trinajstić information content (AvgIpc) is 3.18. The van der Waals surface area contributed by atoms with Gasteiger partial charge in [-0.25, -0.2) is 4.98 Å². The number of nitrogens with two attached hydrogens (primary N) is 1. The summed E-state index contributed by atoms with van der Waals surface area (Å²) in [6.45, 7) is 3.16. The van der Waals surface area contributed by atoms with E-state index in [0.717, 1.165) is 43.4 Å². The summed E-state index contributed by atoms with van der Waals surface area (Å²) in [5.41, 5.74) is 7.72. The number of nitrogens with one attached hydrogen (secondary N) is 1. The third-order valence-electron chi connectivity index (χ3n) is 5.52. The Bertz CT molecular complexity index is 848. The van der Waals surface area contributed by atoms with Crippen LogP contribution in [0.15, 0.2) is 30.5 Å². The van der Waals surface area contributed by atoms with E-state index < -0.39 is 0 Å². The highest BCUT2D eigenvalue weighted by Gasteiger charge is 2.22. The molecule has 4 rings (SSSR count). The van der Waals surface area contributed by atoms with Crippen molar-refractivity contribution in [2.45, 2.75) is 51.1 Å². The van der Waals surface area contributed by atoms with Gasteiger partial charge in [-0.3, -0.25) is 9.69 Å². The van der Waals surface area contributed by atoms with Gasteiger partial charge in [0.2, 0.25) is 5.95 Å². The minimum absolute atomic E-state index is 0.0644. The number of benzene rings is 1. The quantitative estimate of drug-likeness (QED) is 0.827. The molecule has 0 spiro atoms. The van der Waals surface area contributed by atoms with Gasteiger partial charge >= 0.3 is 0 Å². The summed E-state index contributed by atoms with van der Waals surface area (Å²) >= 11 is 0. The fraction of sp³-hybridized carbons (Fsp3) is 0.476. The number of fused-ring (bicyclic) bond motifs is 1. The van der Waals surface area contributed by atoms with E-state index >= 15 is 0 Å². The molecular formula is C21H27N5O2. The van der Waals surface area contributed by atoms with Gasteiger partial charge in [0.25, 0.3) is 5.91 Å². The molecule has 148 valence electrons. The molecule has 2 aromatic rings. The van der Waals surface area contributed by atoms with Gasteiger partial charge < -0.3 is 15.8 Å². The van der Waals surface area contributed by atoms with E-state index in [9.17, 15) is 4.79 Å². The molecule has 7 nitrogen and oxygen atoms in total. The molecule has 1 aromatic heterocycles. The smallest absolute Gasteiger partial charge is 0.259 e. The van der Waals surface area contributed by atoms with Crippen LogP contribution in [0.2, 0.25) is 0 Å². The van der Waals surface area contributed by atoms with E-state index in [2.05, 4.69) is 15.3 Å². The maximum absolute atomic E-state index is 13.1. The number of rotatable bonds is 5. The van der Waals surface area contributed by atoms with E-state index in [1.165, 1.54) is 0 Å². The third-order valence-corrected chi connectivity index (χ3v) is 5.52. The lowest BCUT2D eigenvalue weighted by Crippen LogP contribution is -2.34. The SMILES string of the molecule is CCN(C(=O)c1ccc2c(c1)CCO2)c1ccnc(NC2CCC(N)CC2)n1. The Morgan fingerprint density at radius 1 is 1.29 bits per heavy atom. The molecule has 0 bridgehead atoms. The van der Waals surface area contributed by atoms with Crippen molar-refractivity contribution in [2.75, 3.05) is 23.4 Å². The second-order valence-electron chi connectivity index (χ2n) is 7.46. The van der Waals surface area contributed by atoms with Crippen molar-refractivity contribution in [1.29, 1.82) is 0 Å². The molecule has 28 heavy (non-hydrogen) atoms. The van der Waals surface area contributed by atoms with Crippen molar-refractivity contribution < 1.29 is 9.53 Å². The van der Waals surface area contributed by atoms with Gasteiger partial charge in [0.1, 0.15) is 11.6 Å². The van der Waals surface area contributed by atoms with Gasteiger partial charge in [0.15, 0.2) is 0 Å². The first-order valence-electron chi connectivity index (χ1n) is 10.1. The zero-order chi connectivity index (χ0) is 19.5. The molecule has 0 unspecified atom stereocenters. The average molecular weight is 381 g/mol. The molecule has 3 N–H and O–H groups in total. The molecule has 1 aliphatic heterocycles. The maximum Gasteiger partial charge on any atom is 0.259 e. The molecule has 1 saturated carbocycles. The van der Waals surface area contributed by atoms with E-state index in [-0.39, 0.29) is 5.91 Å². The summed E-state index contributed by atoms with van der Waals surface area (Å²) < 4.78 is 5.54. The minimum atomic E-state index is -0.0644. The van der Waals surface area contributed by atoms with Crippen LogP contribution >= 0.6 is 0 Å². The van der Waals surface area contributed by atoms with Gasteiger partial charge in [0.05, 0.1) is 6.61 Å². The molecule has 1 aliphatic carbocycles. The predicted molar refractivity (Wildman–Crippen MR) is 109 cm³/mol. The van der Waals surface area contributed by atoms with E-state index in [0.29, 0.717) is 42.6 Å². The van der Waals surface area contributed by atoms with Crippen LogP contribution in [0.4, 0.5) is 11.8 Å². The molecule has 2 heterocycles. The third kappa shape index (κ3) is 3.94. The lowest BCUT2D eigenvalue weighted by atomic mass is 9.92. The number of hydrogen-bond acceptors (Lipinski definition) is 6. The first-order valence-corrected chi connectivity index (χ1v) is 10.1. The van der Waals surface area contributed by atoms with Crippen LogP contribution in [0.25, 0.3) is 0 Å². The van der Waals surface area contributed by atoms with E-state index in [4.69, 9.17) is 10.5 Å². The normalized spacial score (nSPS) is 20.9. The van der Waals surface area contributed by atoms with Crippen LogP contribution < -0.4 is 20.7 Å². The van der Waals surface area contributed by atoms with Gasteiger partial charge in [0, 0.05) is 36.8 Å². The number of nitrogens with zero attached hydrogens (tertiary/aromatic N) is 3. The van der Waals surface area contributed by atoms with Gasteiger partial charge in [-0.1, -0.05) is 0 Å². The number of amides is 1. The highest BCUT2D eigenvalue weighted by atomic mass is 16.5. The molecule has 0 atom stereocenters. The lowest BCUT2D eigenvalue weighted by molar-refractivity contribution is 0.0987. The van der Waals surface area contributed by atoms with Crippen molar-refractivity contribution in [2.24, 2.45) is 5.73 Å². The van der Waals surface area contributed by atoms with Crippen LogP contribution in [-0.2, 0) is 6.42 Å². The number of carbonyl (C=O) groups excluding carboxylic acids is 1. The van der Waals surface area contributed by atoms with E-state index in [1.54, 1.807) is 17.2 Å². The molecule has 0 saturated heterocycles. The zero-order valence-corrected chi connectivity index (χ0v) is 16.2. The Balaban J connectivity index is 1.50. The summed E-state index contributed by atoms with van der Waals surface area (Å²) in [4.78, 5) is 23.7. The molecular weight excluding hydrogens is 354 g/mol. The van der Waals surface area contributed by atoms with Gasteiger partial charge in [-0.2, -0.15) is 4.98 Å². The van der Waals surface area contributed by atoms with Gasteiger partial charge in [-0.05, 0) is 62.4 Å². The summed E-state index contributed by atoms with van der Waals surface area (Å²) in [5.74, 6) is 1.98. The Hall–Kier alpha value is -2.67. The topological polar surface area (TPSA) is 93.4 Å². The molecule has 7 heteroatoms. The van der Waals surface area contributed by atoms with Crippen LogP contribution in [0.5, 0.6) is 5.75 Å². The molecule has 2 aliphatic rings. The molecule has 1 amide bonds. The second kappa shape index (κ2) is 8.14. The zero-order valence-electron chi connectivity index (χ0n) is 16.2. The minimum Gasteiger partial charge on any atom is -0.493 e. The van der Waals surface area contributed by atoms with Gasteiger partial charge in [-0.15, -0.1) is 0 Å². The van der Waals surface area contributed by atoms with E-state index in [1.807, 2.05) is 25.1 Å². The fourth-order valence-corrected chi connectivity index (χ4v) is 3.90. The van der Waals surface area contributed by atoms with Crippen molar-refractivity contribution in [3.8, 4) is 5.75 Å². The largest absolute Gasteiger partial charge is 0.493 e. The summed E-state index contributed by atoms with van der Waals surface area (Å²) in [6.07, 6.45) is 6.60. The summed E-state index contributed by atoms with van der Waals surface area (Å²) in [7, 11) is 0. The predicted octanol–water partition coefficient (Wildman–Crippen LogP) is 2.76. The Morgan fingerprint density at radius 2 is 2.11 bits per heavy atom. The Morgan fingerprint density at radius 3 is 2.89 bits per heavy atom. The number of hydrogen-bond donors (Lipinski definition) is 2. The number of anilines is 2. The van der Waals surface area contributed by atoms with Crippen LogP contribution in [0, 0.1) is 0 Å². The molecule has 0 radical (unpaired) electrons. The fourth-order valence-electron chi connectivity index (χ4n) is 3.90. The number of aromatic nitrogens is 2. The van der Waals surface area contributed by atoms with Crippen molar-refractivity contribution in [3.63, 3.8) is 0 Å². The molecule has 1 aromatic carbocycles. The first-order chi connectivity index (χ1) is 13.6.